The molecule has 4 heteroatoms. The zero-order valence-electron chi connectivity index (χ0n) is 10.8. The highest BCUT2D eigenvalue weighted by atomic mass is 16.2. The first-order chi connectivity index (χ1) is 8.72. The van der Waals surface area contributed by atoms with E-state index in [1.807, 2.05) is 6.07 Å². The van der Waals surface area contributed by atoms with Crippen LogP contribution in [0.25, 0.3) is 0 Å². The number of carbonyl (C=O) groups excluding carboxylic acids is 1. The van der Waals surface area contributed by atoms with Gasteiger partial charge >= 0.3 is 0 Å². The summed E-state index contributed by atoms with van der Waals surface area (Å²) < 4.78 is 0. The van der Waals surface area contributed by atoms with Crippen molar-refractivity contribution in [2.45, 2.75) is 38.6 Å². The van der Waals surface area contributed by atoms with Crippen molar-refractivity contribution in [3.8, 4) is 0 Å². The van der Waals surface area contributed by atoms with Gasteiger partial charge in [-0.3, -0.25) is 4.79 Å². The summed E-state index contributed by atoms with van der Waals surface area (Å²) in [5, 5.41) is 8.92. The van der Waals surface area contributed by atoms with Crippen LogP contribution < -0.4 is 4.90 Å². The zero-order valence-corrected chi connectivity index (χ0v) is 10.8. The Morgan fingerprint density at radius 3 is 3.17 bits per heavy atom. The summed E-state index contributed by atoms with van der Waals surface area (Å²) in [5.74, 6) is 0.966. The maximum Gasteiger partial charge on any atom is 0.159 e. The molecule has 1 aliphatic heterocycles. The van der Waals surface area contributed by atoms with Crippen LogP contribution in [0.3, 0.4) is 0 Å². The summed E-state index contributed by atoms with van der Waals surface area (Å²) >= 11 is 0. The molecule has 1 N–H and O–H groups in total. The Kier molecular flexibility index (Phi) is 4.31. The van der Waals surface area contributed by atoms with Gasteiger partial charge in [-0.15, -0.1) is 0 Å². The Labute approximate surface area is 108 Å². The van der Waals surface area contributed by atoms with E-state index in [1.54, 1.807) is 19.2 Å². The number of Topliss-reactive ketones (excluding diaryl/α,β-unsaturated/α-hetero) is 1. The summed E-state index contributed by atoms with van der Waals surface area (Å²) in [6.45, 7) is 2.81. The van der Waals surface area contributed by atoms with Crippen molar-refractivity contribution in [3.05, 3.63) is 23.9 Å². The molecule has 1 aliphatic rings. The average molecular weight is 248 g/mol. The molecule has 0 saturated carbocycles. The van der Waals surface area contributed by atoms with Gasteiger partial charge in [0.05, 0.1) is 0 Å². The molecule has 1 unspecified atom stereocenters. The highest BCUT2D eigenvalue weighted by molar-refractivity contribution is 5.94. The smallest absolute Gasteiger partial charge is 0.159 e. The second kappa shape index (κ2) is 5.96. The molecule has 1 fully saturated rings. The fourth-order valence-corrected chi connectivity index (χ4v) is 2.56. The Bertz CT molecular complexity index is 420. The van der Waals surface area contributed by atoms with E-state index in [-0.39, 0.29) is 12.4 Å². The molecule has 2 heterocycles. The number of pyridine rings is 1. The Morgan fingerprint density at radius 1 is 1.61 bits per heavy atom. The summed E-state index contributed by atoms with van der Waals surface area (Å²) in [6, 6.07) is 4.08. The van der Waals surface area contributed by atoms with E-state index in [2.05, 4.69) is 9.88 Å². The maximum absolute atomic E-state index is 11.4. The lowest BCUT2D eigenvalue weighted by atomic mass is 10.1. The summed E-state index contributed by atoms with van der Waals surface area (Å²) in [7, 11) is 0. The van der Waals surface area contributed by atoms with Gasteiger partial charge in [0.15, 0.2) is 5.78 Å². The van der Waals surface area contributed by atoms with E-state index in [9.17, 15) is 4.79 Å². The highest BCUT2D eigenvalue weighted by Crippen LogP contribution is 2.27. The molecule has 98 valence electrons. The lowest BCUT2D eigenvalue weighted by Gasteiger charge is -2.25. The van der Waals surface area contributed by atoms with Gasteiger partial charge < -0.3 is 10.0 Å². The molecule has 1 aromatic heterocycles. The van der Waals surface area contributed by atoms with Crippen LogP contribution in [0.1, 0.15) is 43.0 Å². The Balaban J connectivity index is 2.14. The summed E-state index contributed by atoms with van der Waals surface area (Å²) in [6.07, 6.45) is 5.82. The first-order valence-electron chi connectivity index (χ1n) is 6.57. The van der Waals surface area contributed by atoms with Gasteiger partial charge in [-0.05, 0) is 44.7 Å². The van der Waals surface area contributed by atoms with Gasteiger partial charge in [-0.2, -0.15) is 0 Å². The third-order valence-electron chi connectivity index (χ3n) is 3.52. The molecular formula is C14H20N2O2. The number of nitrogens with zero attached hydrogens (tertiary/aromatic N) is 2. The Hall–Kier alpha value is -1.42. The first-order valence-corrected chi connectivity index (χ1v) is 6.57. The fourth-order valence-electron chi connectivity index (χ4n) is 2.56. The lowest BCUT2D eigenvalue weighted by molar-refractivity contribution is 0.101. The largest absolute Gasteiger partial charge is 0.396 e. The molecule has 0 spiro atoms. The van der Waals surface area contributed by atoms with Gasteiger partial charge in [-0.25, -0.2) is 4.98 Å². The number of rotatable bonds is 5. The molecule has 1 atom stereocenters. The van der Waals surface area contributed by atoms with Crippen LogP contribution in [0.4, 0.5) is 5.82 Å². The quantitative estimate of drug-likeness (QED) is 0.810. The molecule has 1 aromatic rings. The number of hydrogen-bond donors (Lipinski definition) is 1. The van der Waals surface area contributed by atoms with Crippen molar-refractivity contribution in [2.24, 2.45) is 0 Å². The normalized spacial score (nSPS) is 19.2. The van der Waals surface area contributed by atoms with E-state index in [0.29, 0.717) is 11.6 Å². The topological polar surface area (TPSA) is 53.4 Å². The number of carbonyl (C=O) groups is 1. The maximum atomic E-state index is 11.4. The SMILES string of the molecule is CC(=O)c1ccnc(N2CCCC2CCCO)c1. The molecule has 0 bridgehead atoms. The fraction of sp³-hybridized carbons (Fsp3) is 0.571. The summed E-state index contributed by atoms with van der Waals surface area (Å²) in [5.41, 5.74) is 0.716. The zero-order chi connectivity index (χ0) is 13.0. The van der Waals surface area contributed by atoms with Crippen molar-refractivity contribution >= 4 is 11.6 Å². The van der Waals surface area contributed by atoms with Crippen molar-refractivity contribution in [2.75, 3.05) is 18.1 Å². The number of aliphatic hydroxyl groups is 1. The number of aliphatic hydroxyl groups excluding tert-OH is 1. The Morgan fingerprint density at radius 2 is 2.44 bits per heavy atom. The molecule has 18 heavy (non-hydrogen) atoms. The monoisotopic (exact) mass is 248 g/mol. The van der Waals surface area contributed by atoms with Crippen molar-refractivity contribution in [1.29, 1.82) is 0 Å². The molecule has 4 nitrogen and oxygen atoms in total. The van der Waals surface area contributed by atoms with E-state index in [0.717, 1.165) is 38.0 Å². The van der Waals surface area contributed by atoms with Gasteiger partial charge in [-0.1, -0.05) is 0 Å². The lowest BCUT2D eigenvalue weighted by Crippen LogP contribution is -2.30. The first kappa shape index (κ1) is 13.0. The van der Waals surface area contributed by atoms with Gasteiger partial charge in [0.1, 0.15) is 5.82 Å². The van der Waals surface area contributed by atoms with Gasteiger partial charge in [0.2, 0.25) is 0 Å². The highest BCUT2D eigenvalue weighted by Gasteiger charge is 2.25. The average Bonchev–Trinajstić information content (AvgIpc) is 2.84. The standard InChI is InChI=1S/C14H20N2O2/c1-11(18)12-6-7-15-14(10-12)16-8-2-4-13(16)5-3-9-17/h6-7,10,13,17H,2-5,8-9H2,1H3. The second-order valence-electron chi connectivity index (χ2n) is 4.81. The van der Waals surface area contributed by atoms with Crippen LogP contribution in [0.2, 0.25) is 0 Å². The molecule has 0 aliphatic carbocycles. The molecule has 0 radical (unpaired) electrons. The molecule has 2 rings (SSSR count). The van der Waals surface area contributed by atoms with Crippen molar-refractivity contribution in [3.63, 3.8) is 0 Å². The molecule has 0 aromatic carbocycles. The van der Waals surface area contributed by atoms with Gasteiger partial charge in [0.25, 0.3) is 0 Å². The molecule has 0 amide bonds. The van der Waals surface area contributed by atoms with Crippen molar-refractivity contribution < 1.29 is 9.90 Å². The minimum Gasteiger partial charge on any atom is -0.396 e. The second-order valence-corrected chi connectivity index (χ2v) is 4.81. The van der Waals surface area contributed by atoms with E-state index in [4.69, 9.17) is 5.11 Å². The van der Waals surface area contributed by atoms with Crippen LogP contribution in [0.5, 0.6) is 0 Å². The number of hydrogen-bond acceptors (Lipinski definition) is 4. The number of anilines is 1. The van der Waals surface area contributed by atoms with E-state index in [1.165, 1.54) is 0 Å². The molecule has 1 saturated heterocycles. The summed E-state index contributed by atoms with van der Waals surface area (Å²) in [4.78, 5) is 18.0. The molecular weight excluding hydrogens is 228 g/mol. The minimum absolute atomic E-state index is 0.0738. The van der Waals surface area contributed by atoms with Crippen LogP contribution in [0, 0.1) is 0 Å². The van der Waals surface area contributed by atoms with E-state index >= 15 is 0 Å². The third-order valence-corrected chi connectivity index (χ3v) is 3.52. The number of ketones is 1. The van der Waals surface area contributed by atoms with Crippen LogP contribution in [-0.2, 0) is 0 Å². The van der Waals surface area contributed by atoms with E-state index < -0.39 is 0 Å². The predicted molar refractivity (Wildman–Crippen MR) is 70.9 cm³/mol. The third kappa shape index (κ3) is 2.88. The van der Waals surface area contributed by atoms with Gasteiger partial charge in [0, 0.05) is 31.0 Å². The predicted octanol–water partition coefficient (Wildman–Crippen LogP) is 2.03. The van der Waals surface area contributed by atoms with Crippen LogP contribution in [0.15, 0.2) is 18.3 Å². The van der Waals surface area contributed by atoms with Crippen LogP contribution in [-0.4, -0.2) is 35.1 Å². The van der Waals surface area contributed by atoms with Crippen LogP contribution >= 0.6 is 0 Å². The minimum atomic E-state index is 0.0738. The number of aromatic nitrogens is 1. The van der Waals surface area contributed by atoms with Crippen molar-refractivity contribution in [1.82, 2.24) is 4.98 Å².